The minimum atomic E-state index is -3.96. The molecule has 2 aromatic rings. The zero-order valence-corrected chi connectivity index (χ0v) is 24.5. The number of nitrogens with one attached hydrogen (secondary N) is 1. The Hall–Kier alpha value is -2.20. The van der Waals surface area contributed by atoms with Crippen molar-refractivity contribution in [3.8, 4) is 5.75 Å². The van der Waals surface area contributed by atoms with E-state index in [4.69, 9.17) is 39.5 Å². The number of carbonyl (C=O) groups excluding carboxylic acids is 2. The van der Waals surface area contributed by atoms with Gasteiger partial charge in [-0.2, -0.15) is 0 Å². The summed E-state index contributed by atoms with van der Waals surface area (Å²) < 4.78 is 31.9. The van der Waals surface area contributed by atoms with E-state index in [1.165, 1.54) is 24.1 Å². The van der Waals surface area contributed by atoms with Crippen molar-refractivity contribution in [2.75, 3.05) is 24.2 Å². The Balaban J connectivity index is 2.55. The van der Waals surface area contributed by atoms with Crippen molar-refractivity contribution >= 4 is 62.3 Å². The molecule has 0 saturated carbocycles. The monoisotopic (exact) mass is 591 g/mol. The maximum atomic E-state index is 13.8. The number of hydrogen-bond acceptors (Lipinski definition) is 5. The molecule has 0 unspecified atom stereocenters. The van der Waals surface area contributed by atoms with Gasteiger partial charge in [-0.25, -0.2) is 8.42 Å². The van der Waals surface area contributed by atoms with Crippen molar-refractivity contribution in [1.82, 2.24) is 10.2 Å². The second kappa shape index (κ2) is 13.6. The fraction of sp³-hybridized carbons (Fsp3) is 0.440. The second-order valence-electron chi connectivity index (χ2n) is 8.59. The van der Waals surface area contributed by atoms with Crippen LogP contribution in [0.2, 0.25) is 15.1 Å². The molecule has 37 heavy (non-hydrogen) atoms. The topological polar surface area (TPSA) is 96.0 Å². The molecule has 2 atom stereocenters. The van der Waals surface area contributed by atoms with Gasteiger partial charge in [0, 0.05) is 27.7 Å². The van der Waals surface area contributed by atoms with Gasteiger partial charge in [-0.3, -0.25) is 13.9 Å². The number of ether oxygens (including phenoxy) is 1. The fourth-order valence-electron chi connectivity index (χ4n) is 3.65. The first-order valence-electron chi connectivity index (χ1n) is 11.7. The Morgan fingerprint density at radius 1 is 1.03 bits per heavy atom. The fourth-order valence-corrected chi connectivity index (χ4v) is 5.13. The zero-order chi connectivity index (χ0) is 27.9. The number of methoxy groups -OCH3 is 1. The summed E-state index contributed by atoms with van der Waals surface area (Å²) >= 11 is 18.5. The number of carbonyl (C=O) groups is 2. The van der Waals surface area contributed by atoms with Gasteiger partial charge in [-0.15, -0.1) is 0 Å². The average Bonchev–Trinajstić information content (AvgIpc) is 2.82. The molecule has 0 aromatic heterocycles. The molecule has 2 aromatic carbocycles. The van der Waals surface area contributed by atoms with Crippen LogP contribution in [0.3, 0.4) is 0 Å². The van der Waals surface area contributed by atoms with Crippen molar-refractivity contribution < 1.29 is 22.7 Å². The minimum absolute atomic E-state index is 0.0362. The van der Waals surface area contributed by atoms with Crippen molar-refractivity contribution in [2.45, 2.75) is 52.2 Å². The molecule has 2 rings (SSSR count). The molecule has 8 nitrogen and oxygen atoms in total. The number of nitrogens with zero attached hydrogens (tertiary/aromatic N) is 2. The molecular formula is C25H32Cl3N3O5S. The van der Waals surface area contributed by atoms with Crippen molar-refractivity contribution in [3.05, 3.63) is 57.0 Å². The van der Waals surface area contributed by atoms with Crippen LogP contribution < -0.4 is 14.4 Å². The van der Waals surface area contributed by atoms with Gasteiger partial charge in [0.15, 0.2) is 0 Å². The van der Waals surface area contributed by atoms with Gasteiger partial charge in [0.1, 0.15) is 18.3 Å². The molecule has 0 aliphatic rings. The molecular weight excluding hydrogens is 561 g/mol. The highest BCUT2D eigenvalue weighted by Gasteiger charge is 2.33. The summed E-state index contributed by atoms with van der Waals surface area (Å²) in [5.41, 5.74) is 0.660. The molecule has 0 aliphatic heterocycles. The van der Waals surface area contributed by atoms with Crippen molar-refractivity contribution in [3.63, 3.8) is 0 Å². The number of amides is 2. The largest absolute Gasteiger partial charge is 0.495 e. The van der Waals surface area contributed by atoms with E-state index in [9.17, 15) is 18.0 Å². The maximum Gasteiger partial charge on any atom is 0.244 e. The quantitative estimate of drug-likeness (QED) is 0.368. The van der Waals surface area contributed by atoms with Gasteiger partial charge in [0.05, 0.1) is 19.1 Å². The summed E-state index contributed by atoms with van der Waals surface area (Å²) in [7, 11) is -2.57. The van der Waals surface area contributed by atoms with Gasteiger partial charge in [0.25, 0.3) is 0 Å². The predicted molar refractivity (Wildman–Crippen MR) is 149 cm³/mol. The van der Waals surface area contributed by atoms with Crippen molar-refractivity contribution in [2.24, 2.45) is 0 Å². The lowest BCUT2D eigenvalue weighted by atomic mass is 10.1. The van der Waals surface area contributed by atoms with Crippen LogP contribution in [-0.2, 0) is 26.2 Å². The number of sulfonamides is 1. The Labute approximate surface area is 233 Å². The van der Waals surface area contributed by atoms with Crippen LogP contribution in [-0.4, -0.2) is 57.1 Å². The van der Waals surface area contributed by atoms with Gasteiger partial charge in [-0.1, -0.05) is 54.7 Å². The van der Waals surface area contributed by atoms with Crippen molar-refractivity contribution in [1.29, 1.82) is 0 Å². The highest BCUT2D eigenvalue weighted by Crippen LogP contribution is 2.33. The first-order valence-corrected chi connectivity index (χ1v) is 14.7. The smallest absolute Gasteiger partial charge is 0.244 e. The predicted octanol–water partition coefficient (Wildman–Crippen LogP) is 5.14. The number of benzene rings is 2. The normalized spacial score (nSPS) is 13.0. The van der Waals surface area contributed by atoms with E-state index in [-0.39, 0.29) is 35.0 Å². The molecule has 0 heterocycles. The summed E-state index contributed by atoms with van der Waals surface area (Å²) in [4.78, 5) is 28.3. The highest BCUT2D eigenvalue weighted by molar-refractivity contribution is 7.92. The Kier molecular flexibility index (Phi) is 11.4. The number of anilines is 1. The molecule has 0 fully saturated rings. The molecule has 1 N–H and O–H groups in total. The zero-order valence-electron chi connectivity index (χ0n) is 21.4. The molecule has 0 radical (unpaired) electrons. The summed E-state index contributed by atoms with van der Waals surface area (Å²) in [5.74, 6) is -0.734. The van der Waals surface area contributed by atoms with Crippen LogP contribution in [0.15, 0.2) is 36.4 Å². The van der Waals surface area contributed by atoms with Crippen LogP contribution in [0, 0.1) is 0 Å². The average molecular weight is 593 g/mol. The first-order chi connectivity index (χ1) is 17.3. The van der Waals surface area contributed by atoms with E-state index < -0.39 is 28.5 Å². The summed E-state index contributed by atoms with van der Waals surface area (Å²) in [6, 6.07) is 8.32. The molecule has 2 amide bonds. The van der Waals surface area contributed by atoms with E-state index in [1.54, 1.807) is 31.2 Å². The highest BCUT2D eigenvalue weighted by atomic mass is 35.5. The summed E-state index contributed by atoms with van der Waals surface area (Å²) in [5, 5.41) is 3.91. The van der Waals surface area contributed by atoms with Crippen LogP contribution in [0.25, 0.3) is 0 Å². The lowest BCUT2D eigenvalue weighted by Crippen LogP contribution is -2.53. The van der Waals surface area contributed by atoms with E-state index >= 15 is 0 Å². The lowest BCUT2D eigenvalue weighted by molar-refractivity contribution is -0.140. The maximum absolute atomic E-state index is 13.8. The third kappa shape index (κ3) is 8.40. The molecule has 204 valence electrons. The third-order valence-electron chi connectivity index (χ3n) is 5.83. The number of halogens is 3. The van der Waals surface area contributed by atoms with Crippen LogP contribution in [0.5, 0.6) is 5.75 Å². The number of hydrogen-bond donors (Lipinski definition) is 1. The molecule has 0 spiro atoms. The SMILES string of the molecule is CC[C@@H](C)NC(=O)[C@@H](CC)N(Cc1ccc(Cl)cc1Cl)C(=O)CN(c1cc(Cl)ccc1OC)S(C)(=O)=O. The van der Waals surface area contributed by atoms with E-state index in [0.29, 0.717) is 28.5 Å². The Bertz CT molecular complexity index is 1230. The van der Waals surface area contributed by atoms with Gasteiger partial charge in [0.2, 0.25) is 21.8 Å². The first kappa shape index (κ1) is 31.0. The standard InChI is InChI=1S/C25H32Cl3N3O5S/c1-6-16(3)29-25(33)21(7-2)30(14-17-8-9-18(26)12-20(17)28)24(32)15-31(37(5,34)35)22-13-19(27)10-11-23(22)36-4/h8-13,16,21H,6-7,14-15H2,1-5H3,(H,29,33)/t16-,21-/m1/s1. The van der Waals surface area contributed by atoms with E-state index in [2.05, 4.69) is 5.32 Å². The Morgan fingerprint density at radius 3 is 2.19 bits per heavy atom. The summed E-state index contributed by atoms with van der Waals surface area (Å²) in [6.45, 7) is 4.95. The molecule has 0 aliphatic carbocycles. The molecule has 0 saturated heterocycles. The number of rotatable bonds is 12. The van der Waals surface area contributed by atoms with Gasteiger partial charge < -0.3 is 15.0 Å². The third-order valence-corrected chi connectivity index (χ3v) is 7.78. The molecule has 0 bridgehead atoms. The van der Waals surface area contributed by atoms with Crippen LogP contribution in [0.4, 0.5) is 5.69 Å². The van der Waals surface area contributed by atoms with E-state index in [0.717, 1.165) is 10.6 Å². The lowest BCUT2D eigenvalue weighted by Gasteiger charge is -2.33. The van der Waals surface area contributed by atoms with Gasteiger partial charge in [-0.05, 0) is 55.7 Å². The second-order valence-corrected chi connectivity index (χ2v) is 11.8. The minimum Gasteiger partial charge on any atom is -0.495 e. The van der Waals surface area contributed by atoms with E-state index in [1.807, 2.05) is 13.8 Å². The summed E-state index contributed by atoms with van der Waals surface area (Å²) in [6.07, 6.45) is 1.97. The van der Waals surface area contributed by atoms with Crippen LogP contribution >= 0.6 is 34.8 Å². The molecule has 12 heteroatoms. The Morgan fingerprint density at radius 2 is 1.65 bits per heavy atom. The van der Waals surface area contributed by atoms with Gasteiger partial charge >= 0.3 is 0 Å². The van der Waals surface area contributed by atoms with Crippen LogP contribution in [0.1, 0.15) is 39.2 Å².